The maximum Gasteiger partial charge on any atom is 0.411 e. The van der Waals surface area contributed by atoms with Crippen molar-refractivity contribution >= 4 is 6.09 Å². The summed E-state index contributed by atoms with van der Waals surface area (Å²) in [6.07, 6.45) is -0.281. The van der Waals surface area contributed by atoms with Crippen LogP contribution in [0.5, 0.6) is 0 Å². The van der Waals surface area contributed by atoms with E-state index in [2.05, 4.69) is 4.74 Å². The van der Waals surface area contributed by atoms with Crippen LogP contribution in [0.25, 0.3) is 0 Å². The van der Waals surface area contributed by atoms with Crippen LogP contribution in [0.2, 0.25) is 0 Å². The van der Waals surface area contributed by atoms with Crippen LogP contribution in [0.15, 0.2) is 0 Å². The van der Waals surface area contributed by atoms with Crippen molar-refractivity contribution in [3.63, 3.8) is 0 Å². The van der Waals surface area contributed by atoms with E-state index in [0.717, 1.165) is 0 Å². The minimum Gasteiger partial charge on any atom is -0.447 e. The molecule has 1 amide bonds. The first kappa shape index (κ1) is 6.35. The van der Waals surface area contributed by atoms with Crippen molar-refractivity contribution in [3.05, 3.63) is 0 Å². The fourth-order valence-corrected chi connectivity index (χ4v) is 0.699. The Morgan fingerprint density at radius 2 is 2.67 bits per heavy atom. The highest BCUT2D eigenvalue weighted by atomic mass is 16.6. The number of hydrogen-bond donors (Lipinski definition) is 0. The number of methoxy groups -OCH3 is 1. The van der Waals surface area contributed by atoms with Gasteiger partial charge in [-0.15, -0.1) is 0 Å². The largest absolute Gasteiger partial charge is 0.447 e. The van der Waals surface area contributed by atoms with E-state index in [9.17, 15) is 4.79 Å². The normalized spacial score (nSPS) is 18.3. The van der Waals surface area contributed by atoms with Crippen molar-refractivity contribution in [1.29, 1.82) is 0 Å². The Labute approximate surface area is 53.3 Å². The second-order valence-electron chi connectivity index (χ2n) is 1.80. The first-order valence-corrected chi connectivity index (χ1v) is 2.75. The Kier molecular flexibility index (Phi) is 1.89. The van der Waals surface area contributed by atoms with Gasteiger partial charge in [-0.2, -0.15) is 0 Å². The van der Waals surface area contributed by atoms with Gasteiger partial charge in [-0.1, -0.05) is 0 Å². The highest BCUT2D eigenvalue weighted by Crippen LogP contribution is 2.01. The molecular formula is C5H9NO3. The van der Waals surface area contributed by atoms with E-state index >= 15 is 0 Å². The van der Waals surface area contributed by atoms with Crippen LogP contribution in [-0.2, 0) is 9.47 Å². The van der Waals surface area contributed by atoms with Gasteiger partial charge in [-0.25, -0.2) is 4.79 Å². The van der Waals surface area contributed by atoms with E-state index in [1.165, 1.54) is 4.90 Å². The van der Waals surface area contributed by atoms with Gasteiger partial charge in [-0.05, 0) is 0 Å². The lowest BCUT2D eigenvalue weighted by Gasteiger charge is -2.08. The van der Waals surface area contributed by atoms with Crippen molar-refractivity contribution in [2.24, 2.45) is 0 Å². The molecule has 0 spiro atoms. The topological polar surface area (TPSA) is 38.8 Å². The Morgan fingerprint density at radius 3 is 3.11 bits per heavy atom. The molecule has 0 aliphatic carbocycles. The molecule has 1 rings (SSSR count). The number of carbonyl (C=O) groups is 1. The van der Waals surface area contributed by atoms with Gasteiger partial charge < -0.3 is 9.47 Å². The highest BCUT2D eigenvalue weighted by molar-refractivity contribution is 5.69. The van der Waals surface area contributed by atoms with Gasteiger partial charge in [0.05, 0.1) is 6.54 Å². The fourth-order valence-electron chi connectivity index (χ4n) is 0.699. The van der Waals surface area contributed by atoms with Gasteiger partial charge >= 0.3 is 6.09 Å². The lowest BCUT2D eigenvalue weighted by Crippen LogP contribution is -2.26. The second-order valence-corrected chi connectivity index (χ2v) is 1.80. The van der Waals surface area contributed by atoms with Crippen LogP contribution in [-0.4, -0.2) is 38.0 Å². The smallest absolute Gasteiger partial charge is 0.411 e. The van der Waals surface area contributed by atoms with Crippen molar-refractivity contribution in [2.75, 3.05) is 27.0 Å². The number of carbonyl (C=O) groups excluding carboxylic acids is 1. The molecule has 0 unspecified atom stereocenters. The van der Waals surface area contributed by atoms with Gasteiger partial charge in [0.2, 0.25) is 0 Å². The Morgan fingerprint density at radius 1 is 1.89 bits per heavy atom. The lowest BCUT2D eigenvalue weighted by molar-refractivity contribution is 0.0859. The maximum atomic E-state index is 10.6. The van der Waals surface area contributed by atoms with Crippen LogP contribution in [0, 0.1) is 0 Å². The summed E-state index contributed by atoms with van der Waals surface area (Å²) < 4.78 is 9.35. The average molecular weight is 131 g/mol. The third-order valence-electron chi connectivity index (χ3n) is 1.13. The molecule has 0 aromatic carbocycles. The number of rotatable bonds is 2. The maximum absolute atomic E-state index is 10.6. The number of nitrogens with zero attached hydrogens (tertiary/aromatic N) is 1. The van der Waals surface area contributed by atoms with Crippen LogP contribution < -0.4 is 0 Å². The molecular weight excluding hydrogens is 122 g/mol. The van der Waals surface area contributed by atoms with Crippen LogP contribution in [0.1, 0.15) is 0 Å². The summed E-state index contributed by atoms with van der Waals surface area (Å²) in [7, 11) is 1.55. The van der Waals surface area contributed by atoms with E-state index in [4.69, 9.17) is 4.74 Å². The summed E-state index contributed by atoms with van der Waals surface area (Å²) in [6, 6.07) is 0. The van der Waals surface area contributed by atoms with Crippen molar-refractivity contribution in [2.45, 2.75) is 0 Å². The van der Waals surface area contributed by atoms with Gasteiger partial charge in [0.1, 0.15) is 13.3 Å². The number of ether oxygens (including phenoxy) is 2. The predicted molar refractivity (Wildman–Crippen MR) is 29.9 cm³/mol. The summed E-state index contributed by atoms with van der Waals surface area (Å²) in [5, 5.41) is 0. The summed E-state index contributed by atoms with van der Waals surface area (Å²) in [5.74, 6) is 0. The van der Waals surface area contributed by atoms with Crippen LogP contribution in [0.3, 0.4) is 0 Å². The van der Waals surface area contributed by atoms with Crippen molar-refractivity contribution < 1.29 is 14.3 Å². The Bertz CT molecular complexity index is 115. The standard InChI is InChI=1S/C5H9NO3/c1-8-4-6-2-3-9-5(6)7/h2-4H2,1H3. The van der Waals surface area contributed by atoms with E-state index < -0.39 is 0 Å². The molecule has 0 atom stereocenters. The summed E-state index contributed by atoms with van der Waals surface area (Å²) in [5.41, 5.74) is 0. The molecule has 1 aliphatic heterocycles. The van der Waals surface area contributed by atoms with E-state index in [1.807, 2.05) is 0 Å². The molecule has 1 aliphatic rings. The molecule has 0 radical (unpaired) electrons. The Balaban J connectivity index is 2.31. The number of amides is 1. The fraction of sp³-hybridized carbons (Fsp3) is 0.800. The molecule has 4 nitrogen and oxygen atoms in total. The van der Waals surface area contributed by atoms with Gasteiger partial charge in [0, 0.05) is 7.11 Å². The van der Waals surface area contributed by atoms with Gasteiger partial charge in [0.25, 0.3) is 0 Å². The minimum atomic E-state index is -0.281. The van der Waals surface area contributed by atoms with Crippen LogP contribution in [0.4, 0.5) is 4.79 Å². The zero-order chi connectivity index (χ0) is 6.69. The van der Waals surface area contributed by atoms with E-state index in [-0.39, 0.29) is 6.09 Å². The molecule has 0 N–H and O–H groups in total. The lowest BCUT2D eigenvalue weighted by atomic mass is 10.7. The second kappa shape index (κ2) is 2.68. The number of hydrogen-bond acceptors (Lipinski definition) is 3. The third-order valence-corrected chi connectivity index (χ3v) is 1.13. The third kappa shape index (κ3) is 1.32. The minimum absolute atomic E-state index is 0.281. The van der Waals surface area contributed by atoms with Crippen molar-refractivity contribution in [3.8, 4) is 0 Å². The average Bonchev–Trinajstić information content (AvgIpc) is 2.18. The van der Waals surface area contributed by atoms with Gasteiger partial charge in [0.15, 0.2) is 0 Å². The molecule has 0 aromatic heterocycles. The van der Waals surface area contributed by atoms with Crippen molar-refractivity contribution in [1.82, 2.24) is 4.90 Å². The first-order valence-electron chi connectivity index (χ1n) is 2.75. The Hall–Kier alpha value is -0.770. The quantitative estimate of drug-likeness (QED) is 0.531. The predicted octanol–water partition coefficient (Wildman–Crippen LogP) is 0.0425. The number of cyclic esters (lactones) is 1. The first-order chi connectivity index (χ1) is 4.34. The van der Waals surface area contributed by atoms with Gasteiger partial charge in [-0.3, -0.25) is 4.90 Å². The zero-order valence-corrected chi connectivity index (χ0v) is 5.29. The molecule has 0 saturated carbocycles. The molecule has 1 fully saturated rings. The molecule has 1 saturated heterocycles. The van der Waals surface area contributed by atoms with E-state index in [1.54, 1.807) is 7.11 Å². The summed E-state index contributed by atoms with van der Waals surface area (Å²) >= 11 is 0. The molecule has 0 bridgehead atoms. The highest BCUT2D eigenvalue weighted by Gasteiger charge is 2.20. The van der Waals surface area contributed by atoms with E-state index in [0.29, 0.717) is 19.9 Å². The summed E-state index contributed by atoms with van der Waals surface area (Å²) in [6.45, 7) is 1.47. The molecule has 9 heavy (non-hydrogen) atoms. The molecule has 52 valence electrons. The molecule has 1 heterocycles. The monoisotopic (exact) mass is 131 g/mol. The zero-order valence-electron chi connectivity index (χ0n) is 5.29. The van der Waals surface area contributed by atoms with Crippen LogP contribution >= 0.6 is 0 Å². The summed E-state index contributed by atoms with van der Waals surface area (Å²) in [4.78, 5) is 12.1. The molecule has 4 heteroatoms. The molecule has 0 aromatic rings. The SMILES string of the molecule is COCN1CCOC1=O.